The van der Waals surface area contributed by atoms with Crippen molar-refractivity contribution in [2.24, 2.45) is 5.92 Å². The minimum Gasteiger partial charge on any atom is -0.469 e. The molecule has 4 nitrogen and oxygen atoms in total. The summed E-state index contributed by atoms with van der Waals surface area (Å²) < 4.78 is 6.22. The van der Waals surface area contributed by atoms with Gasteiger partial charge in [-0.05, 0) is 32.0 Å². The third-order valence-corrected chi connectivity index (χ3v) is 4.23. The number of halogens is 2. The van der Waals surface area contributed by atoms with Crippen LogP contribution >= 0.6 is 23.2 Å². The molecule has 0 aliphatic carbocycles. The zero-order chi connectivity index (χ0) is 15.5. The van der Waals surface area contributed by atoms with Crippen molar-refractivity contribution in [3.05, 3.63) is 51.9 Å². The van der Waals surface area contributed by atoms with E-state index >= 15 is 0 Å². The van der Waals surface area contributed by atoms with Crippen molar-refractivity contribution in [2.45, 2.75) is 19.4 Å². The SMILES string of the molecule is Cc1cc(Cl)cnc1OC(c1cncc(Cl)c1)C1CCNC1. The molecule has 22 heavy (non-hydrogen) atoms. The molecule has 0 bridgehead atoms. The highest BCUT2D eigenvalue weighted by molar-refractivity contribution is 6.30. The molecule has 0 saturated carbocycles. The van der Waals surface area contributed by atoms with Crippen LogP contribution in [0.3, 0.4) is 0 Å². The lowest BCUT2D eigenvalue weighted by molar-refractivity contribution is 0.136. The Kier molecular flexibility index (Phi) is 4.81. The van der Waals surface area contributed by atoms with Crippen LogP contribution in [0.4, 0.5) is 0 Å². The maximum atomic E-state index is 6.22. The Bertz CT molecular complexity index is 660. The normalized spacial score (nSPS) is 19.1. The second-order valence-electron chi connectivity index (χ2n) is 5.50. The molecule has 2 unspecified atom stereocenters. The van der Waals surface area contributed by atoms with E-state index in [-0.39, 0.29) is 6.10 Å². The largest absolute Gasteiger partial charge is 0.469 e. The predicted octanol–water partition coefficient (Wildman–Crippen LogP) is 3.82. The highest BCUT2D eigenvalue weighted by atomic mass is 35.5. The van der Waals surface area contributed by atoms with E-state index in [1.165, 1.54) is 0 Å². The number of nitrogens with one attached hydrogen (secondary N) is 1. The molecule has 0 spiro atoms. The van der Waals surface area contributed by atoms with Crippen LogP contribution in [0, 0.1) is 12.8 Å². The standard InChI is InChI=1S/C16H17Cl2N3O/c1-10-4-13(17)9-21-16(10)22-15(11-2-3-19-6-11)12-5-14(18)8-20-7-12/h4-5,7-9,11,15,19H,2-3,6H2,1H3. The monoisotopic (exact) mass is 337 g/mol. The van der Waals surface area contributed by atoms with Gasteiger partial charge in [-0.2, -0.15) is 0 Å². The first-order chi connectivity index (χ1) is 10.6. The molecule has 1 aliphatic heterocycles. The summed E-state index contributed by atoms with van der Waals surface area (Å²) in [5.74, 6) is 0.957. The summed E-state index contributed by atoms with van der Waals surface area (Å²) in [5, 5.41) is 4.59. The van der Waals surface area contributed by atoms with E-state index in [4.69, 9.17) is 27.9 Å². The van der Waals surface area contributed by atoms with Crippen molar-refractivity contribution in [1.82, 2.24) is 15.3 Å². The Balaban J connectivity index is 1.91. The third kappa shape index (κ3) is 3.51. The van der Waals surface area contributed by atoms with E-state index in [9.17, 15) is 0 Å². The van der Waals surface area contributed by atoms with Crippen LogP contribution in [0.2, 0.25) is 10.0 Å². The lowest BCUT2D eigenvalue weighted by atomic mass is 9.96. The summed E-state index contributed by atoms with van der Waals surface area (Å²) in [4.78, 5) is 8.49. The van der Waals surface area contributed by atoms with Crippen molar-refractivity contribution in [2.75, 3.05) is 13.1 Å². The van der Waals surface area contributed by atoms with E-state index in [0.29, 0.717) is 21.8 Å². The first-order valence-corrected chi connectivity index (χ1v) is 7.99. The van der Waals surface area contributed by atoms with Crippen LogP contribution in [0.1, 0.15) is 23.7 Å². The second kappa shape index (κ2) is 6.82. The topological polar surface area (TPSA) is 47.0 Å². The van der Waals surface area contributed by atoms with E-state index in [1.54, 1.807) is 18.6 Å². The van der Waals surface area contributed by atoms with Gasteiger partial charge in [0.05, 0.1) is 10.0 Å². The van der Waals surface area contributed by atoms with E-state index in [2.05, 4.69) is 15.3 Å². The molecule has 0 aromatic carbocycles. The van der Waals surface area contributed by atoms with Gasteiger partial charge in [-0.1, -0.05) is 23.2 Å². The fraction of sp³-hybridized carbons (Fsp3) is 0.375. The first kappa shape index (κ1) is 15.5. The number of rotatable bonds is 4. The third-order valence-electron chi connectivity index (χ3n) is 3.82. The maximum absolute atomic E-state index is 6.22. The van der Waals surface area contributed by atoms with Gasteiger partial charge in [-0.3, -0.25) is 4.98 Å². The van der Waals surface area contributed by atoms with Crippen LogP contribution in [0.25, 0.3) is 0 Å². The summed E-state index contributed by atoms with van der Waals surface area (Å²) in [7, 11) is 0. The summed E-state index contributed by atoms with van der Waals surface area (Å²) in [6, 6.07) is 3.76. The van der Waals surface area contributed by atoms with Crippen LogP contribution in [-0.4, -0.2) is 23.1 Å². The van der Waals surface area contributed by atoms with Gasteiger partial charge in [0.2, 0.25) is 5.88 Å². The van der Waals surface area contributed by atoms with Gasteiger partial charge in [-0.25, -0.2) is 4.98 Å². The van der Waals surface area contributed by atoms with Gasteiger partial charge in [-0.15, -0.1) is 0 Å². The van der Waals surface area contributed by atoms with E-state index < -0.39 is 0 Å². The van der Waals surface area contributed by atoms with Gasteiger partial charge < -0.3 is 10.1 Å². The van der Waals surface area contributed by atoms with Gasteiger partial charge in [0, 0.05) is 42.2 Å². The summed E-state index contributed by atoms with van der Waals surface area (Å²) >= 11 is 12.0. The number of aryl methyl sites for hydroxylation is 1. The Morgan fingerprint density at radius 1 is 1.23 bits per heavy atom. The van der Waals surface area contributed by atoms with Crippen molar-refractivity contribution in [3.63, 3.8) is 0 Å². The molecular formula is C16H17Cl2N3O. The Morgan fingerprint density at radius 2 is 2.05 bits per heavy atom. The zero-order valence-corrected chi connectivity index (χ0v) is 13.7. The second-order valence-corrected chi connectivity index (χ2v) is 6.38. The van der Waals surface area contributed by atoms with Gasteiger partial charge in [0.15, 0.2) is 0 Å². The molecule has 0 radical (unpaired) electrons. The molecule has 3 rings (SSSR count). The number of ether oxygens (including phenoxy) is 1. The molecule has 1 aliphatic rings. The number of hydrogen-bond donors (Lipinski definition) is 1. The minimum absolute atomic E-state index is 0.131. The molecule has 1 saturated heterocycles. The summed E-state index contributed by atoms with van der Waals surface area (Å²) in [6.45, 7) is 3.84. The van der Waals surface area contributed by atoms with E-state index in [1.807, 2.05) is 19.1 Å². The lowest BCUT2D eigenvalue weighted by Crippen LogP contribution is -2.22. The van der Waals surface area contributed by atoms with Crippen molar-refractivity contribution < 1.29 is 4.74 Å². The van der Waals surface area contributed by atoms with Crippen LogP contribution < -0.4 is 10.1 Å². The molecule has 2 aromatic heterocycles. The molecule has 2 atom stereocenters. The lowest BCUT2D eigenvalue weighted by Gasteiger charge is -2.24. The Labute approximate surface area is 139 Å². The fourth-order valence-electron chi connectivity index (χ4n) is 2.73. The summed E-state index contributed by atoms with van der Waals surface area (Å²) in [5.41, 5.74) is 1.88. The smallest absolute Gasteiger partial charge is 0.216 e. The molecule has 2 aromatic rings. The zero-order valence-electron chi connectivity index (χ0n) is 12.2. The van der Waals surface area contributed by atoms with E-state index in [0.717, 1.165) is 30.6 Å². The summed E-state index contributed by atoms with van der Waals surface area (Å²) in [6.07, 6.45) is 5.95. The van der Waals surface area contributed by atoms with Crippen molar-refractivity contribution in [1.29, 1.82) is 0 Å². The molecule has 116 valence electrons. The molecule has 1 N–H and O–H groups in total. The Morgan fingerprint density at radius 3 is 2.73 bits per heavy atom. The van der Waals surface area contributed by atoms with Crippen LogP contribution in [0.15, 0.2) is 30.7 Å². The van der Waals surface area contributed by atoms with Gasteiger partial charge in [0.25, 0.3) is 0 Å². The number of aromatic nitrogens is 2. The molecule has 6 heteroatoms. The molecule has 3 heterocycles. The highest BCUT2D eigenvalue weighted by Gasteiger charge is 2.29. The molecule has 1 fully saturated rings. The quantitative estimate of drug-likeness (QED) is 0.921. The van der Waals surface area contributed by atoms with Crippen LogP contribution in [0.5, 0.6) is 5.88 Å². The first-order valence-electron chi connectivity index (χ1n) is 7.23. The van der Waals surface area contributed by atoms with Crippen LogP contribution in [-0.2, 0) is 0 Å². The maximum Gasteiger partial charge on any atom is 0.216 e. The van der Waals surface area contributed by atoms with Gasteiger partial charge in [0.1, 0.15) is 6.10 Å². The number of pyridine rings is 2. The highest BCUT2D eigenvalue weighted by Crippen LogP contribution is 2.33. The predicted molar refractivity (Wildman–Crippen MR) is 87.6 cm³/mol. The van der Waals surface area contributed by atoms with Crippen molar-refractivity contribution in [3.8, 4) is 5.88 Å². The van der Waals surface area contributed by atoms with Crippen molar-refractivity contribution >= 4 is 23.2 Å². The number of nitrogens with zero attached hydrogens (tertiary/aromatic N) is 2. The Hall–Kier alpha value is -1.36. The average molecular weight is 338 g/mol. The fourth-order valence-corrected chi connectivity index (χ4v) is 3.12. The van der Waals surface area contributed by atoms with Gasteiger partial charge >= 0.3 is 0 Å². The number of hydrogen-bond acceptors (Lipinski definition) is 4. The minimum atomic E-state index is -0.131. The molecule has 0 amide bonds. The molecular weight excluding hydrogens is 321 g/mol. The average Bonchev–Trinajstić information content (AvgIpc) is 3.00.